The van der Waals surface area contributed by atoms with E-state index in [1.807, 2.05) is 6.92 Å². The van der Waals surface area contributed by atoms with Crippen LogP contribution in [-0.2, 0) is 6.54 Å². The van der Waals surface area contributed by atoms with Crippen LogP contribution in [0.1, 0.15) is 47.6 Å². The Morgan fingerprint density at radius 1 is 1.50 bits per heavy atom. The largest absolute Gasteiger partial charge is 0.475 e. The number of carbonyl (C=O) groups is 1. The van der Waals surface area contributed by atoms with Gasteiger partial charge in [-0.3, -0.25) is 0 Å². The second-order valence-corrected chi connectivity index (χ2v) is 5.34. The third-order valence-electron chi connectivity index (χ3n) is 3.72. The van der Waals surface area contributed by atoms with Gasteiger partial charge in [0.1, 0.15) is 5.76 Å². The zero-order valence-corrected chi connectivity index (χ0v) is 11.1. The summed E-state index contributed by atoms with van der Waals surface area (Å²) in [5, 5.41) is 8.88. The smallest absolute Gasteiger partial charge is 0.371 e. The fraction of sp³-hybridized carbons (Fsp3) is 0.643. The summed E-state index contributed by atoms with van der Waals surface area (Å²) < 4.78 is 5.22. The molecule has 0 atom stereocenters. The van der Waals surface area contributed by atoms with Crippen molar-refractivity contribution in [2.45, 2.75) is 39.2 Å². The minimum atomic E-state index is -0.997. The van der Waals surface area contributed by atoms with Crippen LogP contribution in [0, 0.1) is 12.8 Å². The van der Waals surface area contributed by atoms with Gasteiger partial charge in [0.2, 0.25) is 5.76 Å². The van der Waals surface area contributed by atoms with E-state index in [9.17, 15) is 4.79 Å². The number of aryl methyl sites for hydroxylation is 1. The van der Waals surface area contributed by atoms with Crippen molar-refractivity contribution in [3.8, 4) is 0 Å². The number of aromatic carboxylic acids is 1. The quantitative estimate of drug-likeness (QED) is 0.874. The van der Waals surface area contributed by atoms with Gasteiger partial charge in [0.05, 0.1) is 0 Å². The van der Waals surface area contributed by atoms with Gasteiger partial charge in [0.25, 0.3) is 0 Å². The van der Waals surface area contributed by atoms with Crippen LogP contribution in [0.2, 0.25) is 0 Å². The zero-order chi connectivity index (χ0) is 13.1. The van der Waals surface area contributed by atoms with E-state index in [1.54, 1.807) is 6.07 Å². The number of carboxylic acid groups (broad SMARTS) is 1. The van der Waals surface area contributed by atoms with Crippen molar-refractivity contribution in [2.75, 3.05) is 13.6 Å². The molecule has 0 aromatic carbocycles. The molecule has 1 heterocycles. The molecule has 2 rings (SSSR count). The number of hydrogen-bond donors (Lipinski definition) is 1. The minimum absolute atomic E-state index is 0.0387. The molecule has 1 saturated carbocycles. The second-order valence-electron chi connectivity index (χ2n) is 5.34. The number of carboxylic acids is 1. The van der Waals surface area contributed by atoms with Crippen molar-refractivity contribution >= 4 is 5.97 Å². The predicted molar refractivity (Wildman–Crippen MR) is 68.7 cm³/mol. The Hall–Kier alpha value is -1.29. The summed E-state index contributed by atoms with van der Waals surface area (Å²) >= 11 is 0. The monoisotopic (exact) mass is 251 g/mol. The van der Waals surface area contributed by atoms with Crippen LogP contribution in [-0.4, -0.2) is 29.6 Å². The van der Waals surface area contributed by atoms with E-state index in [4.69, 9.17) is 9.52 Å². The topological polar surface area (TPSA) is 53.7 Å². The van der Waals surface area contributed by atoms with Crippen molar-refractivity contribution in [3.63, 3.8) is 0 Å². The van der Waals surface area contributed by atoms with Gasteiger partial charge < -0.3 is 14.4 Å². The van der Waals surface area contributed by atoms with Gasteiger partial charge in [0, 0.05) is 18.7 Å². The normalized spacial score (nSPS) is 16.6. The standard InChI is InChI=1S/C14H21NO3/c1-10-12(7-13(18-10)14(16)17)9-15(2)8-11-5-3-4-6-11/h7,11H,3-6,8-9H2,1-2H3,(H,16,17). The van der Waals surface area contributed by atoms with Crippen LogP contribution >= 0.6 is 0 Å². The summed E-state index contributed by atoms with van der Waals surface area (Å²) in [6, 6.07) is 1.64. The van der Waals surface area contributed by atoms with E-state index >= 15 is 0 Å². The maximum atomic E-state index is 10.8. The van der Waals surface area contributed by atoms with E-state index in [0.29, 0.717) is 5.76 Å². The summed E-state index contributed by atoms with van der Waals surface area (Å²) in [7, 11) is 2.09. The SMILES string of the molecule is Cc1oc(C(=O)O)cc1CN(C)CC1CCCC1. The lowest BCUT2D eigenvalue weighted by molar-refractivity contribution is 0.0661. The van der Waals surface area contributed by atoms with E-state index in [2.05, 4.69) is 11.9 Å². The molecular weight excluding hydrogens is 230 g/mol. The highest BCUT2D eigenvalue weighted by Crippen LogP contribution is 2.26. The Kier molecular flexibility index (Phi) is 4.07. The molecule has 1 aliphatic rings. The van der Waals surface area contributed by atoms with Gasteiger partial charge in [-0.2, -0.15) is 0 Å². The Balaban J connectivity index is 1.93. The first kappa shape index (κ1) is 13.1. The van der Waals surface area contributed by atoms with E-state index in [1.165, 1.54) is 25.7 Å². The van der Waals surface area contributed by atoms with Crippen molar-refractivity contribution in [1.29, 1.82) is 0 Å². The van der Waals surface area contributed by atoms with Crippen LogP contribution in [0.25, 0.3) is 0 Å². The molecular formula is C14H21NO3. The summed E-state index contributed by atoms with van der Waals surface area (Å²) in [6.07, 6.45) is 5.36. The number of hydrogen-bond acceptors (Lipinski definition) is 3. The first-order valence-electron chi connectivity index (χ1n) is 6.57. The summed E-state index contributed by atoms with van der Waals surface area (Å²) in [5.74, 6) is 0.561. The van der Waals surface area contributed by atoms with E-state index < -0.39 is 5.97 Å². The van der Waals surface area contributed by atoms with Gasteiger partial charge in [-0.25, -0.2) is 4.79 Å². The molecule has 1 aliphatic carbocycles. The van der Waals surface area contributed by atoms with Crippen LogP contribution in [0.3, 0.4) is 0 Å². The summed E-state index contributed by atoms with van der Waals surface area (Å²) in [6.45, 7) is 3.68. The molecule has 4 nitrogen and oxygen atoms in total. The van der Waals surface area contributed by atoms with Crippen LogP contribution in [0.5, 0.6) is 0 Å². The Bertz CT molecular complexity index is 419. The Morgan fingerprint density at radius 2 is 2.17 bits per heavy atom. The molecule has 0 amide bonds. The lowest BCUT2D eigenvalue weighted by atomic mass is 10.1. The molecule has 0 unspecified atom stereocenters. The zero-order valence-electron chi connectivity index (χ0n) is 11.1. The molecule has 100 valence electrons. The highest BCUT2D eigenvalue weighted by atomic mass is 16.4. The predicted octanol–water partition coefficient (Wildman–Crippen LogP) is 2.91. The van der Waals surface area contributed by atoms with E-state index in [0.717, 1.165) is 24.6 Å². The highest BCUT2D eigenvalue weighted by molar-refractivity contribution is 5.84. The van der Waals surface area contributed by atoms with Crippen molar-refractivity contribution in [1.82, 2.24) is 4.90 Å². The van der Waals surface area contributed by atoms with Crippen molar-refractivity contribution in [3.05, 3.63) is 23.2 Å². The number of furan rings is 1. The fourth-order valence-electron chi connectivity index (χ4n) is 2.77. The fourth-order valence-corrected chi connectivity index (χ4v) is 2.77. The molecule has 0 bridgehead atoms. The maximum absolute atomic E-state index is 10.8. The average Bonchev–Trinajstić information content (AvgIpc) is 2.89. The van der Waals surface area contributed by atoms with Gasteiger partial charge in [-0.05, 0) is 38.8 Å². The molecule has 0 aliphatic heterocycles. The highest BCUT2D eigenvalue weighted by Gasteiger charge is 2.19. The maximum Gasteiger partial charge on any atom is 0.371 e. The number of nitrogens with zero attached hydrogens (tertiary/aromatic N) is 1. The molecule has 4 heteroatoms. The minimum Gasteiger partial charge on any atom is -0.475 e. The van der Waals surface area contributed by atoms with Crippen molar-refractivity contribution < 1.29 is 14.3 Å². The van der Waals surface area contributed by atoms with Crippen LogP contribution in [0.15, 0.2) is 10.5 Å². The molecule has 0 saturated heterocycles. The molecule has 18 heavy (non-hydrogen) atoms. The van der Waals surface area contributed by atoms with Gasteiger partial charge >= 0.3 is 5.97 Å². The van der Waals surface area contributed by atoms with Crippen LogP contribution in [0.4, 0.5) is 0 Å². The molecule has 1 fully saturated rings. The van der Waals surface area contributed by atoms with Crippen molar-refractivity contribution in [2.24, 2.45) is 5.92 Å². The summed E-state index contributed by atoms with van der Waals surface area (Å²) in [5.41, 5.74) is 0.980. The number of rotatable bonds is 5. The lowest BCUT2D eigenvalue weighted by Gasteiger charge is -2.20. The summed E-state index contributed by atoms with van der Waals surface area (Å²) in [4.78, 5) is 13.1. The molecule has 1 N–H and O–H groups in total. The third kappa shape index (κ3) is 3.13. The molecule has 0 radical (unpaired) electrons. The first-order valence-corrected chi connectivity index (χ1v) is 6.57. The van der Waals surface area contributed by atoms with Crippen LogP contribution < -0.4 is 0 Å². The Morgan fingerprint density at radius 3 is 2.72 bits per heavy atom. The Labute approximate surface area is 108 Å². The van der Waals surface area contributed by atoms with E-state index in [-0.39, 0.29) is 5.76 Å². The third-order valence-corrected chi connectivity index (χ3v) is 3.72. The molecule has 1 aromatic rings. The second kappa shape index (κ2) is 5.57. The van der Waals surface area contributed by atoms with Gasteiger partial charge in [-0.15, -0.1) is 0 Å². The molecule has 1 aromatic heterocycles. The van der Waals surface area contributed by atoms with Gasteiger partial charge in [-0.1, -0.05) is 12.8 Å². The first-order chi connectivity index (χ1) is 8.56. The average molecular weight is 251 g/mol. The van der Waals surface area contributed by atoms with Gasteiger partial charge in [0.15, 0.2) is 0 Å². The lowest BCUT2D eigenvalue weighted by Crippen LogP contribution is -2.24. The molecule has 0 spiro atoms.